The second kappa shape index (κ2) is 4.20. The Kier molecular flexibility index (Phi) is 3.09. The topological polar surface area (TPSA) is 48.1 Å². The van der Waals surface area contributed by atoms with Gasteiger partial charge in [-0.15, -0.1) is 11.3 Å². The Bertz CT molecular complexity index is 326. The molecule has 0 radical (unpaired) electrons. The Morgan fingerprint density at radius 3 is 2.80 bits per heavy atom. The molecule has 0 spiro atoms. The molecule has 84 valence electrons. The molecule has 0 bridgehead atoms. The van der Waals surface area contributed by atoms with Gasteiger partial charge in [-0.1, -0.05) is 13.8 Å². The zero-order valence-electron chi connectivity index (χ0n) is 9.32. The molecule has 0 atom stereocenters. The third-order valence-corrected chi connectivity index (χ3v) is 3.70. The van der Waals surface area contributed by atoms with Crippen molar-refractivity contribution in [1.82, 2.24) is 4.98 Å². The van der Waals surface area contributed by atoms with Crippen molar-refractivity contribution in [2.24, 2.45) is 11.7 Å². The van der Waals surface area contributed by atoms with Crippen LogP contribution >= 0.6 is 11.3 Å². The zero-order valence-corrected chi connectivity index (χ0v) is 10.1. The van der Waals surface area contributed by atoms with Crippen LogP contribution in [0.4, 0.5) is 0 Å². The SMILES string of the molecule is CC(C)Cc1nc(C2(CN)COC2)cs1. The fraction of sp³-hybridized carbons (Fsp3) is 0.727. The molecule has 2 rings (SSSR count). The molecule has 4 heteroatoms. The molecule has 2 heterocycles. The second-order valence-electron chi connectivity index (χ2n) is 4.70. The number of ether oxygens (including phenoxy) is 1. The predicted molar refractivity (Wildman–Crippen MR) is 62.2 cm³/mol. The monoisotopic (exact) mass is 226 g/mol. The van der Waals surface area contributed by atoms with E-state index in [4.69, 9.17) is 10.5 Å². The standard InChI is InChI=1S/C11H18N2OS/c1-8(2)3-10-13-9(4-15-10)11(5-12)6-14-7-11/h4,8H,3,5-7,12H2,1-2H3. The van der Waals surface area contributed by atoms with Crippen LogP contribution in [0.15, 0.2) is 5.38 Å². The van der Waals surface area contributed by atoms with Gasteiger partial charge in [-0.3, -0.25) is 0 Å². The van der Waals surface area contributed by atoms with E-state index in [-0.39, 0.29) is 5.41 Å². The molecule has 0 amide bonds. The van der Waals surface area contributed by atoms with Gasteiger partial charge in [0.1, 0.15) is 0 Å². The summed E-state index contributed by atoms with van der Waals surface area (Å²) in [4.78, 5) is 4.67. The summed E-state index contributed by atoms with van der Waals surface area (Å²) in [6.45, 7) is 6.53. The molecule has 1 aromatic rings. The molecule has 1 fully saturated rings. The van der Waals surface area contributed by atoms with Crippen molar-refractivity contribution in [3.63, 3.8) is 0 Å². The summed E-state index contributed by atoms with van der Waals surface area (Å²) < 4.78 is 5.26. The minimum Gasteiger partial charge on any atom is -0.379 e. The van der Waals surface area contributed by atoms with E-state index in [1.807, 2.05) is 0 Å². The summed E-state index contributed by atoms with van der Waals surface area (Å²) in [7, 11) is 0. The van der Waals surface area contributed by atoms with Gasteiger partial charge in [-0.05, 0) is 5.92 Å². The first-order valence-electron chi connectivity index (χ1n) is 5.39. The lowest BCUT2D eigenvalue weighted by molar-refractivity contribution is -0.0569. The maximum absolute atomic E-state index is 5.80. The van der Waals surface area contributed by atoms with Crippen molar-refractivity contribution in [2.45, 2.75) is 25.7 Å². The molecule has 3 nitrogen and oxygen atoms in total. The van der Waals surface area contributed by atoms with Crippen LogP contribution in [0.1, 0.15) is 24.5 Å². The fourth-order valence-electron chi connectivity index (χ4n) is 1.72. The Labute approximate surface area is 94.7 Å². The van der Waals surface area contributed by atoms with E-state index in [0.29, 0.717) is 12.5 Å². The number of hydrogen-bond acceptors (Lipinski definition) is 4. The molecule has 2 N–H and O–H groups in total. The molecule has 1 aromatic heterocycles. The van der Waals surface area contributed by atoms with Crippen molar-refractivity contribution in [1.29, 1.82) is 0 Å². The number of rotatable bonds is 4. The first kappa shape index (κ1) is 11.0. The summed E-state index contributed by atoms with van der Waals surface area (Å²) in [6, 6.07) is 0. The van der Waals surface area contributed by atoms with Crippen LogP contribution in [0.2, 0.25) is 0 Å². The largest absolute Gasteiger partial charge is 0.379 e. The number of thiazole rings is 1. The minimum atomic E-state index is 0.0196. The highest BCUT2D eigenvalue weighted by atomic mass is 32.1. The Hall–Kier alpha value is -0.450. The van der Waals surface area contributed by atoms with E-state index in [9.17, 15) is 0 Å². The van der Waals surface area contributed by atoms with Gasteiger partial charge in [0, 0.05) is 18.3 Å². The molecule has 1 aliphatic heterocycles. The van der Waals surface area contributed by atoms with E-state index in [1.165, 1.54) is 5.01 Å². The smallest absolute Gasteiger partial charge is 0.0931 e. The van der Waals surface area contributed by atoms with Gasteiger partial charge in [-0.25, -0.2) is 4.98 Å². The van der Waals surface area contributed by atoms with Gasteiger partial charge in [0.15, 0.2) is 0 Å². The molecule has 0 unspecified atom stereocenters. The van der Waals surface area contributed by atoms with Crippen LogP contribution in [-0.4, -0.2) is 24.7 Å². The molecule has 1 aliphatic rings. The maximum atomic E-state index is 5.80. The molecular weight excluding hydrogens is 208 g/mol. The van der Waals surface area contributed by atoms with E-state index in [0.717, 1.165) is 25.3 Å². The van der Waals surface area contributed by atoms with Crippen molar-refractivity contribution in [3.8, 4) is 0 Å². The normalized spacial score (nSPS) is 19.2. The Balaban J connectivity index is 2.12. The zero-order chi connectivity index (χ0) is 10.9. The molecule has 15 heavy (non-hydrogen) atoms. The van der Waals surface area contributed by atoms with E-state index >= 15 is 0 Å². The predicted octanol–water partition coefficient (Wildman–Crippen LogP) is 1.57. The molecular formula is C11H18N2OS. The number of hydrogen-bond donors (Lipinski definition) is 1. The molecule has 0 saturated carbocycles. The number of nitrogens with zero attached hydrogens (tertiary/aromatic N) is 1. The van der Waals surface area contributed by atoms with Crippen LogP contribution in [0.3, 0.4) is 0 Å². The first-order valence-corrected chi connectivity index (χ1v) is 6.27. The molecule has 1 saturated heterocycles. The van der Waals surface area contributed by atoms with Gasteiger partial charge in [0.25, 0.3) is 0 Å². The highest BCUT2D eigenvalue weighted by Gasteiger charge is 2.41. The summed E-state index contributed by atoms with van der Waals surface area (Å²) in [5.74, 6) is 0.662. The molecule has 0 aromatic carbocycles. The number of aromatic nitrogens is 1. The summed E-state index contributed by atoms with van der Waals surface area (Å²) >= 11 is 1.75. The van der Waals surface area contributed by atoms with Gasteiger partial charge in [0.2, 0.25) is 0 Å². The van der Waals surface area contributed by atoms with E-state index < -0.39 is 0 Å². The third kappa shape index (κ3) is 2.07. The van der Waals surface area contributed by atoms with Gasteiger partial charge in [-0.2, -0.15) is 0 Å². The lowest BCUT2D eigenvalue weighted by Gasteiger charge is -2.39. The maximum Gasteiger partial charge on any atom is 0.0931 e. The molecule has 0 aliphatic carbocycles. The van der Waals surface area contributed by atoms with E-state index in [2.05, 4.69) is 24.2 Å². The Morgan fingerprint density at radius 1 is 1.60 bits per heavy atom. The van der Waals surface area contributed by atoms with Crippen LogP contribution in [0.25, 0.3) is 0 Å². The average molecular weight is 226 g/mol. The van der Waals surface area contributed by atoms with Gasteiger partial charge in [0.05, 0.1) is 29.3 Å². The lowest BCUT2D eigenvalue weighted by Crippen LogP contribution is -2.52. The summed E-state index contributed by atoms with van der Waals surface area (Å²) in [5, 5.41) is 3.37. The van der Waals surface area contributed by atoms with E-state index in [1.54, 1.807) is 11.3 Å². The van der Waals surface area contributed by atoms with Crippen molar-refractivity contribution >= 4 is 11.3 Å². The van der Waals surface area contributed by atoms with Crippen molar-refractivity contribution in [3.05, 3.63) is 16.1 Å². The quantitative estimate of drug-likeness (QED) is 0.847. The van der Waals surface area contributed by atoms with Crippen molar-refractivity contribution in [2.75, 3.05) is 19.8 Å². The van der Waals surface area contributed by atoms with Crippen molar-refractivity contribution < 1.29 is 4.74 Å². The lowest BCUT2D eigenvalue weighted by atomic mass is 9.83. The second-order valence-corrected chi connectivity index (χ2v) is 5.64. The summed E-state index contributed by atoms with van der Waals surface area (Å²) in [6.07, 6.45) is 1.06. The van der Waals surface area contributed by atoms with Crippen LogP contribution in [-0.2, 0) is 16.6 Å². The van der Waals surface area contributed by atoms with Gasteiger partial charge < -0.3 is 10.5 Å². The van der Waals surface area contributed by atoms with Crippen LogP contribution < -0.4 is 5.73 Å². The average Bonchev–Trinajstić information content (AvgIpc) is 2.51. The third-order valence-electron chi connectivity index (χ3n) is 2.83. The highest BCUT2D eigenvalue weighted by Crippen LogP contribution is 2.32. The highest BCUT2D eigenvalue weighted by molar-refractivity contribution is 7.09. The summed E-state index contributed by atoms with van der Waals surface area (Å²) in [5.41, 5.74) is 6.95. The van der Waals surface area contributed by atoms with Gasteiger partial charge >= 0.3 is 0 Å². The van der Waals surface area contributed by atoms with Crippen LogP contribution in [0.5, 0.6) is 0 Å². The fourth-order valence-corrected chi connectivity index (χ4v) is 2.85. The number of nitrogens with two attached hydrogens (primary N) is 1. The Morgan fingerprint density at radius 2 is 2.33 bits per heavy atom. The first-order chi connectivity index (χ1) is 7.16. The van der Waals surface area contributed by atoms with Crippen LogP contribution in [0, 0.1) is 5.92 Å². The minimum absolute atomic E-state index is 0.0196.